The van der Waals surface area contributed by atoms with Crippen LogP contribution < -0.4 is 0 Å². The predicted octanol–water partition coefficient (Wildman–Crippen LogP) is 2.42. The molecule has 2 N–H and O–H groups in total. The maximum Gasteiger partial charge on any atom is 0.115 e. The molecule has 1 rings (SSSR count). The second-order valence-electron chi connectivity index (χ2n) is 3.54. The normalized spacial score (nSPS) is 12.1. The summed E-state index contributed by atoms with van der Waals surface area (Å²) in [6.45, 7) is 4.21. The average molecular weight is 192 g/mol. The smallest absolute Gasteiger partial charge is 0.115 e. The van der Waals surface area contributed by atoms with Crippen LogP contribution in [0.2, 0.25) is 0 Å². The molecule has 0 atom stereocenters. The molecular formula is C12H16O2. The van der Waals surface area contributed by atoms with Gasteiger partial charge in [-0.15, -0.1) is 0 Å². The molecule has 0 aromatic heterocycles. The molecule has 0 aliphatic carbocycles. The van der Waals surface area contributed by atoms with Gasteiger partial charge in [-0.1, -0.05) is 32.1 Å². The van der Waals surface area contributed by atoms with Crippen molar-refractivity contribution < 1.29 is 10.2 Å². The molecular weight excluding hydrogens is 176 g/mol. The molecule has 0 amide bonds. The summed E-state index contributed by atoms with van der Waals surface area (Å²) >= 11 is 0. The van der Waals surface area contributed by atoms with Gasteiger partial charge in [0.15, 0.2) is 0 Å². The first kappa shape index (κ1) is 10.8. The first-order chi connectivity index (χ1) is 6.65. The molecule has 0 saturated heterocycles. The maximum atomic E-state index is 9.14. The number of aliphatic hydroxyl groups is 1. The minimum absolute atomic E-state index is 0.0500. The molecule has 0 heterocycles. The highest BCUT2D eigenvalue weighted by molar-refractivity contribution is 5.67. The fraction of sp³-hybridized carbons (Fsp3) is 0.333. The third-order valence-electron chi connectivity index (χ3n) is 2.13. The Labute approximate surface area is 84.5 Å². The third kappa shape index (κ3) is 2.60. The molecule has 0 spiro atoms. The number of rotatable bonds is 3. The summed E-state index contributed by atoms with van der Waals surface area (Å²) in [7, 11) is 0. The molecule has 2 nitrogen and oxygen atoms in total. The Balaban J connectivity index is 3.00. The Morgan fingerprint density at radius 1 is 1.29 bits per heavy atom. The van der Waals surface area contributed by atoms with E-state index in [2.05, 4.69) is 13.8 Å². The monoisotopic (exact) mass is 192 g/mol. The first-order valence-electron chi connectivity index (χ1n) is 4.75. The van der Waals surface area contributed by atoms with E-state index >= 15 is 0 Å². The van der Waals surface area contributed by atoms with Gasteiger partial charge in [0.05, 0.1) is 6.61 Å². The van der Waals surface area contributed by atoms with E-state index in [-0.39, 0.29) is 12.4 Å². The van der Waals surface area contributed by atoms with Crippen molar-refractivity contribution in [2.75, 3.05) is 6.61 Å². The number of benzene rings is 1. The highest BCUT2D eigenvalue weighted by atomic mass is 16.3. The largest absolute Gasteiger partial charge is 0.508 e. The lowest BCUT2D eigenvalue weighted by atomic mass is 9.95. The van der Waals surface area contributed by atoms with Crippen molar-refractivity contribution in [3.05, 3.63) is 35.9 Å². The van der Waals surface area contributed by atoms with Gasteiger partial charge in [0, 0.05) is 0 Å². The van der Waals surface area contributed by atoms with Crippen molar-refractivity contribution in [1.82, 2.24) is 0 Å². The van der Waals surface area contributed by atoms with Crippen molar-refractivity contribution in [2.45, 2.75) is 13.8 Å². The minimum atomic E-state index is 0.0500. The summed E-state index contributed by atoms with van der Waals surface area (Å²) in [4.78, 5) is 0. The molecule has 1 aromatic carbocycles. The minimum Gasteiger partial charge on any atom is -0.508 e. The first-order valence-corrected chi connectivity index (χ1v) is 4.75. The number of aromatic hydroxyl groups is 1. The summed E-state index contributed by atoms with van der Waals surface area (Å²) in [6, 6.07) is 7.03. The van der Waals surface area contributed by atoms with Crippen molar-refractivity contribution in [3.8, 4) is 5.75 Å². The molecule has 0 aliphatic heterocycles. The van der Waals surface area contributed by atoms with Gasteiger partial charge in [-0.2, -0.15) is 0 Å². The second kappa shape index (κ2) is 4.82. The van der Waals surface area contributed by atoms with E-state index in [1.165, 1.54) is 0 Å². The van der Waals surface area contributed by atoms with E-state index in [9.17, 15) is 0 Å². The van der Waals surface area contributed by atoms with Gasteiger partial charge in [0.1, 0.15) is 5.75 Å². The molecule has 0 saturated carbocycles. The Morgan fingerprint density at radius 2 is 1.86 bits per heavy atom. The molecule has 2 heteroatoms. The van der Waals surface area contributed by atoms with Gasteiger partial charge in [-0.05, 0) is 29.2 Å². The second-order valence-corrected chi connectivity index (χ2v) is 3.54. The lowest BCUT2D eigenvalue weighted by molar-refractivity contribution is 0.342. The van der Waals surface area contributed by atoms with Crippen LogP contribution in [0.5, 0.6) is 5.75 Å². The third-order valence-corrected chi connectivity index (χ3v) is 2.13. The van der Waals surface area contributed by atoms with Gasteiger partial charge < -0.3 is 10.2 Å². The van der Waals surface area contributed by atoms with Crippen LogP contribution in [-0.4, -0.2) is 16.8 Å². The Hall–Kier alpha value is -1.28. The van der Waals surface area contributed by atoms with Crippen molar-refractivity contribution in [2.24, 2.45) is 5.92 Å². The molecule has 76 valence electrons. The van der Waals surface area contributed by atoms with E-state index in [1.54, 1.807) is 18.2 Å². The lowest BCUT2D eigenvalue weighted by Crippen LogP contribution is -1.95. The molecule has 14 heavy (non-hydrogen) atoms. The van der Waals surface area contributed by atoms with E-state index in [0.717, 1.165) is 11.1 Å². The summed E-state index contributed by atoms with van der Waals surface area (Å²) in [6.07, 6.45) is 1.80. The molecule has 1 aromatic rings. The van der Waals surface area contributed by atoms with Crippen molar-refractivity contribution >= 4 is 5.57 Å². The van der Waals surface area contributed by atoms with E-state index in [1.807, 2.05) is 12.1 Å². The fourth-order valence-corrected chi connectivity index (χ4v) is 1.44. The molecule has 0 aliphatic rings. The number of hydrogen-bond donors (Lipinski definition) is 2. The van der Waals surface area contributed by atoms with Crippen molar-refractivity contribution in [3.63, 3.8) is 0 Å². The number of aliphatic hydroxyl groups excluding tert-OH is 1. The van der Waals surface area contributed by atoms with E-state index < -0.39 is 0 Å². The molecule has 0 radical (unpaired) electrons. The van der Waals surface area contributed by atoms with Crippen LogP contribution in [0, 0.1) is 5.92 Å². The maximum absolute atomic E-state index is 9.14. The van der Waals surface area contributed by atoms with Crippen LogP contribution in [0.3, 0.4) is 0 Å². The molecule has 0 fully saturated rings. The zero-order chi connectivity index (χ0) is 10.6. The summed E-state index contributed by atoms with van der Waals surface area (Å²) in [5.74, 6) is 0.632. The highest BCUT2D eigenvalue weighted by Crippen LogP contribution is 2.24. The number of phenolic OH excluding ortho intramolecular Hbond substituents is 1. The highest BCUT2D eigenvalue weighted by Gasteiger charge is 2.05. The van der Waals surface area contributed by atoms with Gasteiger partial charge in [0.2, 0.25) is 0 Å². The SMILES string of the molecule is CC(C)/C(=C/CO)c1ccc(O)cc1. The summed E-state index contributed by atoms with van der Waals surface area (Å²) < 4.78 is 0. The average Bonchev–Trinajstić information content (AvgIpc) is 2.15. The predicted molar refractivity (Wildman–Crippen MR) is 58.0 cm³/mol. The fourth-order valence-electron chi connectivity index (χ4n) is 1.44. The lowest BCUT2D eigenvalue weighted by Gasteiger charge is -2.11. The summed E-state index contributed by atoms with van der Waals surface area (Å²) in [5, 5.41) is 18.0. The van der Waals surface area contributed by atoms with Crippen LogP contribution in [0.15, 0.2) is 30.3 Å². The number of hydrogen-bond acceptors (Lipinski definition) is 2. The van der Waals surface area contributed by atoms with Crippen LogP contribution in [0.4, 0.5) is 0 Å². The molecule has 0 unspecified atom stereocenters. The van der Waals surface area contributed by atoms with Crippen LogP contribution in [0.1, 0.15) is 19.4 Å². The van der Waals surface area contributed by atoms with Crippen LogP contribution >= 0.6 is 0 Å². The summed E-state index contributed by atoms with van der Waals surface area (Å²) in [5.41, 5.74) is 2.15. The van der Waals surface area contributed by atoms with Gasteiger partial charge in [-0.3, -0.25) is 0 Å². The van der Waals surface area contributed by atoms with Crippen LogP contribution in [-0.2, 0) is 0 Å². The van der Waals surface area contributed by atoms with Gasteiger partial charge in [0.25, 0.3) is 0 Å². The number of allylic oxidation sites excluding steroid dienone is 1. The van der Waals surface area contributed by atoms with E-state index in [4.69, 9.17) is 10.2 Å². The zero-order valence-electron chi connectivity index (χ0n) is 8.57. The standard InChI is InChI=1S/C12H16O2/c1-9(2)12(7-8-13)10-3-5-11(14)6-4-10/h3-7,9,13-14H,8H2,1-2H3/b12-7-. The molecule has 0 bridgehead atoms. The van der Waals surface area contributed by atoms with Crippen LogP contribution in [0.25, 0.3) is 5.57 Å². The van der Waals surface area contributed by atoms with Crippen molar-refractivity contribution in [1.29, 1.82) is 0 Å². The van der Waals surface area contributed by atoms with Gasteiger partial charge in [-0.25, -0.2) is 0 Å². The number of phenols is 1. The topological polar surface area (TPSA) is 40.5 Å². The Kier molecular flexibility index (Phi) is 3.72. The zero-order valence-corrected chi connectivity index (χ0v) is 8.57. The Morgan fingerprint density at radius 3 is 2.29 bits per heavy atom. The van der Waals surface area contributed by atoms with E-state index in [0.29, 0.717) is 5.92 Å². The van der Waals surface area contributed by atoms with Gasteiger partial charge >= 0.3 is 0 Å². The quantitative estimate of drug-likeness (QED) is 0.772. The Bertz CT molecular complexity index is 310.